The molecule has 1 aromatic carbocycles. The van der Waals surface area contributed by atoms with Crippen LogP contribution in [0.4, 0.5) is 5.69 Å². The summed E-state index contributed by atoms with van der Waals surface area (Å²) in [7, 11) is 0. The van der Waals surface area contributed by atoms with Gasteiger partial charge in [0.25, 0.3) is 0 Å². The van der Waals surface area contributed by atoms with Crippen molar-refractivity contribution in [1.82, 2.24) is 5.32 Å². The molecule has 0 atom stereocenters. The van der Waals surface area contributed by atoms with Crippen LogP contribution >= 0.6 is 11.6 Å². The van der Waals surface area contributed by atoms with Crippen molar-refractivity contribution in [2.24, 2.45) is 0 Å². The fourth-order valence-electron chi connectivity index (χ4n) is 1.70. The standard InChI is InChI=1S/C11H11ClN2O2/c1-7-4-8(12)2-3-9(7)14-6-10(15)13-5-11(14)16/h2-4H,5-6H2,1H3,(H,13,15). The molecule has 1 N–H and O–H groups in total. The maximum absolute atomic E-state index is 11.7. The molecule has 0 saturated carbocycles. The predicted molar refractivity (Wildman–Crippen MR) is 61.6 cm³/mol. The second-order valence-electron chi connectivity index (χ2n) is 3.69. The van der Waals surface area contributed by atoms with E-state index in [4.69, 9.17) is 11.6 Å². The van der Waals surface area contributed by atoms with Crippen LogP contribution in [0.1, 0.15) is 5.56 Å². The smallest absolute Gasteiger partial charge is 0.246 e. The van der Waals surface area contributed by atoms with Gasteiger partial charge < -0.3 is 10.2 Å². The van der Waals surface area contributed by atoms with Crippen LogP contribution in [0.15, 0.2) is 18.2 Å². The Kier molecular flexibility index (Phi) is 2.83. The molecule has 0 radical (unpaired) electrons. The molecular weight excluding hydrogens is 228 g/mol. The van der Waals surface area contributed by atoms with E-state index in [1.54, 1.807) is 18.2 Å². The largest absolute Gasteiger partial charge is 0.345 e. The Bertz CT molecular complexity index is 459. The molecule has 1 aliphatic rings. The van der Waals surface area contributed by atoms with Crippen LogP contribution < -0.4 is 10.2 Å². The highest BCUT2D eigenvalue weighted by Gasteiger charge is 2.25. The molecule has 0 unspecified atom stereocenters. The Balaban J connectivity index is 2.35. The molecule has 1 saturated heterocycles. The van der Waals surface area contributed by atoms with Crippen LogP contribution in [0.5, 0.6) is 0 Å². The van der Waals surface area contributed by atoms with E-state index in [-0.39, 0.29) is 24.9 Å². The highest BCUT2D eigenvalue weighted by atomic mass is 35.5. The van der Waals surface area contributed by atoms with E-state index in [0.717, 1.165) is 11.3 Å². The zero-order valence-electron chi connectivity index (χ0n) is 8.79. The number of carbonyl (C=O) groups excluding carboxylic acids is 2. The number of amides is 2. The second-order valence-corrected chi connectivity index (χ2v) is 4.12. The number of piperazine rings is 1. The first-order chi connectivity index (χ1) is 7.58. The molecule has 5 heteroatoms. The summed E-state index contributed by atoms with van der Waals surface area (Å²) in [5, 5.41) is 3.13. The van der Waals surface area contributed by atoms with Gasteiger partial charge in [0.05, 0.1) is 6.54 Å². The van der Waals surface area contributed by atoms with Gasteiger partial charge in [0.2, 0.25) is 11.8 Å². The fourth-order valence-corrected chi connectivity index (χ4v) is 1.93. The number of benzene rings is 1. The van der Waals surface area contributed by atoms with Crippen LogP contribution in [0.25, 0.3) is 0 Å². The number of hydrogen-bond donors (Lipinski definition) is 1. The molecule has 2 amide bonds. The first-order valence-corrected chi connectivity index (χ1v) is 5.29. The van der Waals surface area contributed by atoms with Gasteiger partial charge in [0, 0.05) is 10.7 Å². The van der Waals surface area contributed by atoms with Gasteiger partial charge in [-0.05, 0) is 30.7 Å². The average molecular weight is 239 g/mol. The highest BCUT2D eigenvalue weighted by molar-refractivity contribution is 6.30. The van der Waals surface area contributed by atoms with E-state index in [1.165, 1.54) is 4.90 Å². The van der Waals surface area contributed by atoms with Gasteiger partial charge in [0.1, 0.15) is 6.54 Å². The minimum atomic E-state index is -0.144. The van der Waals surface area contributed by atoms with Crippen molar-refractivity contribution < 1.29 is 9.59 Å². The van der Waals surface area contributed by atoms with Crippen LogP contribution in [0.3, 0.4) is 0 Å². The Morgan fingerprint density at radius 1 is 1.38 bits per heavy atom. The molecule has 1 aliphatic heterocycles. The Morgan fingerprint density at radius 2 is 2.12 bits per heavy atom. The third-order valence-corrected chi connectivity index (χ3v) is 2.72. The predicted octanol–water partition coefficient (Wildman–Crippen LogP) is 1.11. The minimum absolute atomic E-state index is 0.0564. The van der Waals surface area contributed by atoms with E-state index >= 15 is 0 Å². The zero-order valence-corrected chi connectivity index (χ0v) is 9.54. The van der Waals surface area contributed by atoms with E-state index in [9.17, 15) is 9.59 Å². The fraction of sp³-hybridized carbons (Fsp3) is 0.273. The summed E-state index contributed by atoms with van der Waals surface area (Å²) in [5.74, 6) is -0.251. The van der Waals surface area contributed by atoms with Crippen LogP contribution in [-0.4, -0.2) is 24.9 Å². The van der Waals surface area contributed by atoms with Crippen molar-refractivity contribution in [3.8, 4) is 0 Å². The Labute approximate surface area is 98.2 Å². The highest BCUT2D eigenvalue weighted by Crippen LogP contribution is 2.24. The molecule has 1 aromatic rings. The molecule has 0 aromatic heterocycles. The molecule has 4 nitrogen and oxygen atoms in total. The van der Waals surface area contributed by atoms with E-state index in [0.29, 0.717) is 5.02 Å². The molecule has 1 heterocycles. The molecule has 1 fully saturated rings. The minimum Gasteiger partial charge on any atom is -0.345 e. The molecule has 0 bridgehead atoms. The average Bonchev–Trinajstić information content (AvgIpc) is 2.22. The number of anilines is 1. The third kappa shape index (κ3) is 2.02. The molecule has 16 heavy (non-hydrogen) atoms. The molecule has 2 rings (SSSR count). The van der Waals surface area contributed by atoms with Gasteiger partial charge in [-0.1, -0.05) is 11.6 Å². The van der Waals surface area contributed by atoms with Crippen LogP contribution in [-0.2, 0) is 9.59 Å². The number of nitrogens with one attached hydrogen (secondary N) is 1. The number of carbonyl (C=O) groups is 2. The van der Waals surface area contributed by atoms with Crippen LogP contribution in [0, 0.1) is 6.92 Å². The van der Waals surface area contributed by atoms with Crippen molar-refractivity contribution in [2.45, 2.75) is 6.92 Å². The van der Waals surface area contributed by atoms with Crippen molar-refractivity contribution in [3.63, 3.8) is 0 Å². The van der Waals surface area contributed by atoms with Crippen molar-refractivity contribution in [2.75, 3.05) is 18.0 Å². The molecule has 0 aliphatic carbocycles. The third-order valence-electron chi connectivity index (χ3n) is 2.49. The zero-order chi connectivity index (χ0) is 11.7. The van der Waals surface area contributed by atoms with E-state index in [1.807, 2.05) is 6.92 Å². The van der Waals surface area contributed by atoms with Gasteiger partial charge in [-0.3, -0.25) is 9.59 Å². The SMILES string of the molecule is Cc1cc(Cl)ccc1N1CC(=O)NCC1=O. The number of rotatable bonds is 1. The number of halogens is 1. The first kappa shape index (κ1) is 11.0. The summed E-state index contributed by atoms with van der Waals surface area (Å²) < 4.78 is 0. The van der Waals surface area contributed by atoms with Crippen molar-refractivity contribution >= 4 is 29.1 Å². The lowest BCUT2D eigenvalue weighted by atomic mass is 10.1. The summed E-state index contributed by atoms with van der Waals surface area (Å²) in [5.41, 5.74) is 1.62. The number of aryl methyl sites for hydroxylation is 1. The van der Waals surface area contributed by atoms with Gasteiger partial charge in [-0.15, -0.1) is 0 Å². The monoisotopic (exact) mass is 238 g/mol. The lowest BCUT2D eigenvalue weighted by Gasteiger charge is -2.27. The van der Waals surface area contributed by atoms with Crippen LogP contribution in [0.2, 0.25) is 5.02 Å². The summed E-state index contributed by atoms with van der Waals surface area (Å²) in [6.07, 6.45) is 0. The lowest BCUT2D eigenvalue weighted by molar-refractivity contribution is -0.128. The normalized spacial score (nSPS) is 16.2. The molecule has 84 valence electrons. The number of hydrogen-bond acceptors (Lipinski definition) is 2. The molecule has 0 spiro atoms. The summed E-state index contributed by atoms with van der Waals surface area (Å²) in [6, 6.07) is 5.24. The van der Waals surface area contributed by atoms with Gasteiger partial charge in [0.15, 0.2) is 0 Å². The molecular formula is C11H11ClN2O2. The van der Waals surface area contributed by atoms with E-state index < -0.39 is 0 Å². The Morgan fingerprint density at radius 3 is 2.81 bits per heavy atom. The van der Waals surface area contributed by atoms with Gasteiger partial charge in [-0.25, -0.2) is 0 Å². The van der Waals surface area contributed by atoms with E-state index in [2.05, 4.69) is 5.32 Å². The maximum Gasteiger partial charge on any atom is 0.246 e. The lowest BCUT2D eigenvalue weighted by Crippen LogP contribution is -2.51. The summed E-state index contributed by atoms with van der Waals surface area (Å²) in [4.78, 5) is 24.4. The topological polar surface area (TPSA) is 49.4 Å². The van der Waals surface area contributed by atoms with Gasteiger partial charge >= 0.3 is 0 Å². The van der Waals surface area contributed by atoms with Crippen molar-refractivity contribution in [3.05, 3.63) is 28.8 Å². The Hall–Kier alpha value is -1.55. The summed E-state index contributed by atoms with van der Waals surface area (Å²) in [6.45, 7) is 1.99. The quantitative estimate of drug-likeness (QED) is 0.797. The van der Waals surface area contributed by atoms with Crippen molar-refractivity contribution in [1.29, 1.82) is 0 Å². The summed E-state index contributed by atoms with van der Waals surface area (Å²) >= 11 is 5.84. The maximum atomic E-state index is 11.7. The van der Waals surface area contributed by atoms with Gasteiger partial charge in [-0.2, -0.15) is 0 Å². The second kappa shape index (κ2) is 4.14. The number of nitrogens with zero attached hydrogens (tertiary/aromatic N) is 1. The first-order valence-electron chi connectivity index (χ1n) is 4.91.